The minimum absolute atomic E-state index is 0.0480. The van der Waals surface area contributed by atoms with Crippen LogP contribution in [0.5, 0.6) is 0 Å². The van der Waals surface area contributed by atoms with Gasteiger partial charge in [0, 0.05) is 5.69 Å². The van der Waals surface area contributed by atoms with Gasteiger partial charge in [-0.2, -0.15) is 0 Å². The first-order chi connectivity index (χ1) is 9.25. The third-order valence-corrected chi connectivity index (χ3v) is 3.13. The SMILES string of the molecule is O=C(NNC(=S)Nc1ccccc1)[C@H]1C=CCCC1. The van der Waals surface area contributed by atoms with E-state index in [0.717, 1.165) is 24.9 Å². The Hall–Kier alpha value is -1.88. The van der Waals surface area contributed by atoms with Gasteiger partial charge in [0.05, 0.1) is 5.92 Å². The van der Waals surface area contributed by atoms with Crippen LogP contribution >= 0.6 is 12.2 Å². The summed E-state index contributed by atoms with van der Waals surface area (Å²) in [5.41, 5.74) is 6.22. The van der Waals surface area contributed by atoms with Gasteiger partial charge in [0.25, 0.3) is 0 Å². The summed E-state index contributed by atoms with van der Waals surface area (Å²) in [4.78, 5) is 11.8. The van der Waals surface area contributed by atoms with Crippen molar-refractivity contribution < 1.29 is 4.79 Å². The molecule has 0 bridgehead atoms. The number of nitrogens with one attached hydrogen (secondary N) is 3. The van der Waals surface area contributed by atoms with Gasteiger partial charge in [-0.05, 0) is 43.6 Å². The monoisotopic (exact) mass is 275 g/mol. The summed E-state index contributed by atoms with van der Waals surface area (Å²) < 4.78 is 0. The van der Waals surface area contributed by atoms with Gasteiger partial charge >= 0.3 is 0 Å². The summed E-state index contributed by atoms with van der Waals surface area (Å²) in [6.45, 7) is 0. The van der Waals surface area contributed by atoms with Gasteiger partial charge in [-0.15, -0.1) is 0 Å². The third kappa shape index (κ3) is 4.37. The van der Waals surface area contributed by atoms with Gasteiger partial charge in [-0.3, -0.25) is 15.6 Å². The maximum atomic E-state index is 11.8. The number of hydrogen-bond donors (Lipinski definition) is 3. The van der Waals surface area contributed by atoms with Crippen molar-refractivity contribution in [2.75, 3.05) is 5.32 Å². The molecule has 1 atom stereocenters. The van der Waals surface area contributed by atoms with E-state index in [1.54, 1.807) is 0 Å². The fourth-order valence-electron chi connectivity index (χ4n) is 1.93. The molecule has 0 fully saturated rings. The molecule has 1 aromatic rings. The quantitative estimate of drug-likeness (QED) is 0.440. The lowest BCUT2D eigenvalue weighted by molar-refractivity contribution is -0.124. The Balaban J connectivity index is 1.75. The van der Waals surface area contributed by atoms with Crippen molar-refractivity contribution in [2.45, 2.75) is 19.3 Å². The predicted molar refractivity (Wildman–Crippen MR) is 80.4 cm³/mol. The van der Waals surface area contributed by atoms with E-state index < -0.39 is 0 Å². The minimum atomic E-state index is -0.0548. The fourth-order valence-corrected chi connectivity index (χ4v) is 2.09. The maximum Gasteiger partial charge on any atom is 0.245 e. The van der Waals surface area contributed by atoms with Crippen LogP contribution in [0.15, 0.2) is 42.5 Å². The van der Waals surface area contributed by atoms with Crippen LogP contribution in [0.3, 0.4) is 0 Å². The smallest absolute Gasteiger partial charge is 0.245 e. The van der Waals surface area contributed by atoms with Crippen LogP contribution in [-0.4, -0.2) is 11.0 Å². The number of allylic oxidation sites excluding steroid dienone is 1. The summed E-state index contributed by atoms with van der Waals surface area (Å²) in [7, 11) is 0. The van der Waals surface area contributed by atoms with Crippen LogP contribution in [0.4, 0.5) is 5.69 Å². The number of benzene rings is 1. The van der Waals surface area contributed by atoms with Crippen molar-refractivity contribution in [3.8, 4) is 0 Å². The number of carbonyl (C=O) groups excluding carboxylic acids is 1. The van der Waals surface area contributed by atoms with E-state index in [0.29, 0.717) is 5.11 Å². The summed E-state index contributed by atoms with van der Waals surface area (Å²) >= 11 is 5.10. The molecule has 0 radical (unpaired) electrons. The Labute approximate surface area is 118 Å². The van der Waals surface area contributed by atoms with Crippen LogP contribution in [-0.2, 0) is 4.79 Å². The zero-order valence-corrected chi connectivity index (χ0v) is 11.4. The molecule has 3 N–H and O–H groups in total. The van der Waals surface area contributed by atoms with Crippen molar-refractivity contribution in [1.29, 1.82) is 0 Å². The lowest BCUT2D eigenvalue weighted by Crippen LogP contribution is -2.46. The predicted octanol–water partition coefficient (Wildman–Crippen LogP) is 2.36. The first-order valence-corrected chi connectivity index (χ1v) is 6.75. The van der Waals surface area contributed by atoms with Crippen LogP contribution in [0.2, 0.25) is 0 Å². The maximum absolute atomic E-state index is 11.8. The number of anilines is 1. The van der Waals surface area contributed by atoms with Crippen molar-refractivity contribution >= 4 is 28.9 Å². The van der Waals surface area contributed by atoms with E-state index in [1.807, 2.05) is 42.5 Å². The van der Waals surface area contributed by atoms with Crippen LogP contribution in [0.1, 0.15) is 19.3 Å². The van der Waals surface area contributed by atoms with E-state index >= 15 is 0 Å². The molecule has 0 aliphatic heterocycles. The highest BCUT2D eigenvalue weighted by atomic mass is 32.1. The molecular formula is C14H17N3OS. The zero-order chi connectivity index (χ0) is 13.5. The molecule has 1 aliphatic rings. The Morgan fingerprint density at radius 3 is 2.68 bits per heavy atom. The second-order valence-electron chi connectivity index (χ2n) is 4.40. The highest BCUT2D eigenvalue weighted by Gasteiger charge is 2.16. The largest absolute Gasteiger partial charge is 0.331 e. The van der Waals surface area contributed by atoms with Crippen molar-refractivity contribution in [3.05, 3.63) is 42.5 Å². The number of amides is 1. The lowest BCUT2D eigenvalue weighted by atomic mass is 9.95. The molecule has 0 unspecified atom stereocenters. The van der Waals surface area contributed by atoms with E-state index in [1.165, 1.54) is 0 Å². The van der Waals surface area contributed by atoms with Crippen molar-refractivity contribution in [3.63, 3.8) is 0 Å². The van der Waals surface area contributed by atoms with E-state index in [4.69, 9.17) is 12.2 Å². The molecule has 1 aliphatic carbocycles. The number of carbonyl (C=O) groups is 1. The van der Waals surface area contributed by atoms with Gasteiger partial charge in [-0.1, -0.05) is 30.4 Å². The summed E-state index contributed by atoms with van der Waals surface area (Å²) in [5.74, 6) is -0.103. The highest BCUT2D eigenvalue weighted by Crippen LogP contribution is 2.16. The molecular weight excluding hydrogens is 258 g/mol. The molecule has 5 heteroatoms. The molecule has 0 saturated carbocycles. The molecule has 19 heavy (non-hydrogen) atoms. The van der Waals surface area contributed by atoms with Gasteiger partial charge in [0.2, 0.25) is 5.91 Å². The van der Waals surface area contributed by atoms with Crippen molar-refractivity contribution in [2.24, 2.45) is 5.92 Å². The summed E-state index contributed by atoms with van der Waals surface area (Å²) in [6, 6.07) is 9.56. The molecule has 1 aromatic carbocycles. The average molecular weight is 275 g/mol. The second kappa shape index (κ2) is 6.89. The molecule has 0 spiro atoms. The van der Waals surface area contributed by atoms with Gasteiger partial charge in [0.1, 0.15) is 0 Å². The van der Waals surface area contributed by atoms with E-state index in [-0.39, 0.29) is 11.8 Å². The zero-order valence-electron chi connectivity index (χ0n) is 10.6. The summed E-state index contributed by atoms with van der Waals surface area (Å²) in [6.07, 6.45) is 7.01. The first kappa shape index (κ1) is 13.5. The number of para-hydroxylation sites is 1. The third-order valence-electron chi connectivity index (χ3n) is 2.92. The Kier molecular flexibility index (Phi) is 4.92. The van der Waals surface area contributed by atoms with Gasteiger partial charge < -0.3 is 5.32 Å². The first-order valence-electron chi connectivity index (χ1n) is 6.34. The topological polar surface area (TPSA) is 53.2 Å². The molecule has 1 amide bonds. The number of hydrazine groups is 1. The number of hydrogen-bond acceptors (Lipinski definition) is 2. The standard InChI is InChI=1S/C14H17N3OS/c18-13(11-7-3-1-4-8-11)16-17-14(19)15-12-9-5-2-6-10-12/h2-3,5-7,9-11H,1,4,8H2,(H,16,18)(H2,15,17,19)/t11-/m0/s1. The van der Waals surface area contributed by atoms with Crippen LogP contribution in [0.25, 0.3) is 0 Å². The molecule has 0 aromatic heterocycles. The molecule has 4 nitrogen and oxygen atoms in total. The summed E-state index contributed by atoms with van der Waals surface area (Å²) in [5, 5.41) is 3.36. The fraction of sp³-hybridized carbons (Fsp3) is 0.286. The molecule has 0 saturated heterocycles. The Morgan fingerprint density at radius 1 is 1.21 bits per heavy atom. The number of rotatable bonds is 2. The highest BCUT2D eigenvalue weighted by molar-refractivity contribution is 7.80. The van der Waals surface area contributed by atoms with Gasteiger partial charge in [-0.25, -0.2) is 0 Å². The Morgan fingerprint density at radius 2 is 2.00 bits per heavy atom. The molecule has 2 rings (SSSR count). The van der Waals surface area contributed by atoms with Gasteiger partial charge in [0.15, 0.2) is 5.11 Å². The van der Waals surface area contributed by atoms with E-state index in [9.17, 15) is 4.79 Å². The minimum Gasteiger partial charge on any atom is -0.331 e. The van der Waals surface area contributed by atoms with E-state index in [2.05, 4.69) is 16.2 Å². The second-order valence-corrected chi connectivity index (χ2v) is 4.81. The normalized spacial score (nSPS) is 17.6. The van der Waals surface area contributed by atoms with Crippen LogP contribution in [0, 0.1) is 5.92 Å². The van der Waals surface area contributed by atoms with Crippen molar-refractivity contribution in [1.82, 2.24) is 10.9 Å². The number of thiocarbonyl (C=S) groups is 1. The average Bonchev–Trinajstić information content (AvgIpc) is 2.47. The van der Waals surface area contributed by atoms with Crippen LogP contribution < -0.4 is 16.2 Å². The molecule has 100 valence electrons. The lowest BCUT2D eigenvalue weighted by Gasteiger charge is -2.17. The Bertz CT molecular complexity index is 473. The molecule has 0 heterocycles.